The maximum Gasteiger partial charge on any atom is 0.573 e. The van der Waals surface area contributed by atoms with E-state index in [-0.39, 0.29) is 4.53 Å². The number of anilines is 1. The summed E-state index contributed by atoms with van der Waals surface area (Å²) in [7, 11) is 0. The van der Waals surface area contributed by atoms with Gasteiger partial charge in [0.1, 0.15) is 5.69 Å². The van der Waals surface area contributed by atoms with Gasteiger partial charge in [0.15, 0.2) is 5.75 Å². The van der Waals surface area contributed by atoms with E-state index in [2.05, 4.69) is 4.74 Å². The summed E-state index contributed by atoms with van der Waals surface area (Å²) in [5.74, 6) is -0.864. The Morgan fingerprint density at radius 3 is 2.11 bits per heavy atom. The van der Waals surface area contributed by atoms with Crippen LogP contribution in [-0.2, 0) is 0 Å². The maximum absolute atomic E-state index is 12.0. The summed E-state index contributed by atoms with van der Waals surface area (Å²) in [5, 5.41) is 0. The summed E-state index contributed by atoms with van der Waals surface area (Å²) in [4.78, 5) is 0. The molecule has 0 aliphatic heterocycles. The van der Waals surface area contributed by atoms with E-state index in [0.29, 0.717) is 0 Å². The minimum absolute atomic E-state index is 0.138. The van der Waals surface area contributed by atoms with Gasteiger partial charge in [0.05, 0.1) is 0 Å². The standard InChI is InChI=1S/C8H5ClF6N2O/c9-17(16-7(10,11)12)5-3-1-2-4-6(5)18-8(13,14)15/h1-4,16H. The molecule has 0 unspecified atom stereocenters. The van der Waals surface area contributed by atoms with Crippen LogP contribution in [0.25, 0.3) is 0 Å². The molecule has 0 fully saturated rings. The van der Waals surface area contributed by atoms with E-state index in [1.807, 2.05) is 0 Å². The number of hydrogen-bond donors (Lipinski definition) is 1. The zero-order valence-electron chi connectivity index (χ0n) is 8.31. The molecule has 3 nitrogen and oxygen atoms in total. The van der Waals surface area contributed by atoms with E-state index < -0.39 is 24.1 Å². The van der Waals surface area contributed by atoms with Crippen LogP contribution in [0.1, 0.15) is 0 Å². The van der Waals surface area contributed by atoms with E-state index in [1.165, 1.54) is 6.07 Å². The Morgan fingerprint density at radius 1 is 1.06 bits per heavy atom. The molecule has 0 saturated carbocycles. The van der Waals surface area contributed by atoms with Crippen LogP contribution in [0.4, 0.5) is 32.0 Å². The summed E-state index contributed by atoms with van der Waals surface area (Å²) in [6.45, 7) is 0. The van der Waals surface area contributed by atoms with Crippen molar-refractivity contribution >= 4 is 17.5 Å². The second-order valence-corrected chi connectivity index (χ2v) is 3.24. The van der Waals surface area contributed by atoms with Crippen LogP contribution in [0.5, 0.6) is 5.75 Å². The first-order valence-electron chi connectivity index (χ1n) is 4.24. The highest BCUT2D eigenvalue weighted by molar-refractivity contribution is 6.25. The minimum Gasteiger partial charge on any atom is -0.403 e. The van der Waals surface area contributed by atoms with Crippen LogP contribution in [-0.4, -0.2) is 12.7 Å². The molecule has 1 rings (SSSR count). The fourth-order valence-electron chi connectivity index (χ4n) is 1.00. The van der Waals surface area contributed by atoms with Crippen molar-refractivity contribution < 1.29 is 31.1 Å². The van der Waals surface area contributed by atoms with Crippen molar-refractivity contribution in [3.8, 4) is 5.75 Å². The van der Waals surface area contributed by atoms with Crippen molar-refractivity contribution in [3.05, 3.63) is 24.3 Å². The molecule has 18 heavy (non-hydrogen) atoms. The maximum atomic E-state index is 12.0. The number of para-hydroxylation sites is 2. The van der Waals surface area contributed by atoms with Gasteiger partial charge in [-0.25, -0.2) is 4.53 Å². The summed E-state index contributed by atoms with van der Waals surface area (Å²) < 4.78 is 75.3. The Hall–Kier alpha value is -1.35. The number of nitrogens with one attached hydrogen (secondary N) is 1. The van der Waals surface area contributed by atoms with E-state index >= 15 is 0 Å². The largest absolute Gasteiger partial charge is 0.573 e. The second kappa shape index (κ2) is 5.11. The molecular formula is C8H5ClF6N2O. The van der Waals surface area contributed by atoms with Gasteiger partial charge < -0.3 is 4.74 Å². The van der Waals surface area contributed by atoms with Crippen LogP contribution >= 0.6 is 11.8 Å². The van der Waals surface area contributed by atoms with Gasteiger partial charge in [-0.3, -0.25) is 0 Å². The lowest BCUT2D eigenvalue weighted by Crippen LogP contribution is -2.41. The SMILES string of the molecule is FC(F)(F)NN(Cl)c1ccccc1OC(F)(F)F. The predicted octanol–water partition coefficient (Wildman–Crippen LogP) is 3.57. The number of ether oxygens (including phenoxy) is 1. The third kappa shape index (κ3) is 4.88. The lowest BCUT2D eigenvalue weighted by atomic mass is 10.3. The van der Waals surface area contributed by atoms with Crippen LogP contribution in [0.3, 0.4) is 0 Å². The molecule has 0 spiro atoms. The number of alkyl halides is 6. The molecule has 0 atom stereocenters. The van der Waals surface area contributed by atoms with E-state index in [1.54, 1.807) is 0 Å². The molecule has 0 radical (unpaired) electrons. The van der Waals surface area contributed by atoms with Crippen molar-refractivity contribution in [2.24, 2.45) is 0 Å². The molecule has 1 aromatic rings. The van der Waals surface area contributed by atoms with E-state index in [9.17, 15) is 26.3 Å². The molecule has 0 saturated heterocycles. The highest BCUT2D eigenvalue weighted by Crippen LogP contribution is 2.33. The van der Waals surface area contributed by atoms with Crippen molar-refractivity contribution in [2.45, 2.75) is 12.7 Å². The highest BCUT2D eigenvalue weighted by atomic mass is 35.5. The molecular weight excluding hydrogens is 290 g/mol. The lowest BCUT2D eigenvalue weighted by Gasteiger charge is -2.21. The Labute approximate surface area is 102 Å². The van der Waals surface area contributed by atoms with Crippen molar-refractivity contribution in [1.82, 2.24) is 5.43 Å². The van der Waals surface area contributed by atoms with Crippen LogP contribution < -0.4 is 14.7 Å². The lowest BCUT2D eigenvalue weighted by molar-refractivity contribution is -0.274. The number of halogens is 7. The Morgan fingerprint density at radius 2 is 1.61 bits per heavy atom. The minimum atomic E-state index is -5.04. The second-order valence-electron chi connectivity index (χ2n) is 2.91. The number of rotatable bonds is 3. The Bertz CT molecular complexity index is 407. The molecule has 0 bridgehead atoms. The summed E-state index contributed by atoms with van der Waals surface area (Å²) in [5.41, 5.74) is 0.182. The van der Waals surface area contributed by atoms with Crippen molar-refractivity contribution in [3.63, 3.8) is 0 Å². The highest BCUT2D eigenvalue weighted by Gasteiger charge is 2.35. The first-order chi connectivity index (χ1) is 8.08. The van der Waals surface area contributed by atoms with Crippen LogP contribution in [0.2, 0.25) is 0 Å². The molecule has 102 valence electrons. The monoisotopic (exact) mass is 294 g/mol. The fourth-order valence-corrected chi connectivity index (χ4v) is 1.24. The third-order valence-corrected chi connectivity index (χ3v) is 1.79. The molecule has 0 aromatic heterocycles. The Kier molecular flexibility index (Phi) is 4.17. The zero-order chi connectivity index (χ0) is 14.0. The van der Waals surface area contributed by atoms with Gasteiger partial charge >= 0.3 is 12.7 Å². The predicted molar refractivity (Wildman–Crippen MR) is 50.6 cm³/mol. The number of benzene rings is 1. The number of nitrogens with zero attached hydrogens (tertiary/aromatic N) is 1. The average Bonchev–Trinajstić information content (AvgIpc) is 2.12. The smallest absolute Gasteiger partial charge is 0.403 e. The van der Waals surface area contributed by atoms with E-state index in [0.717, 1.165) is 23.6 Å². The quantitative estimate of drug-likeness (QED) is 0.399. The van der Waals surface area contributed by atoms with Gasteiger partial charge in [-0.1, -0.05) is 12.1 Å². The van der Waals surface area contributed by atoms with Crippen molar-refractivity contribution in [2.75, 3.05) is 4.53 Å². The Balaban J connectivity index is 2.95. The molecule has 0 aliphatic carbocycles. The van der Waals surface area contributed by atoms with Gasteiger partial charge in [0.25, 0.3) is 0 Å². The normalized spacial score (nSPS) is 12.4. The van der Waals surface area contributed by atoms with E-state index in [4.69, 9.17) is 11.8 Å². The summed E-state index contributed by atoms with van der Waals surface area (Å²) >= 11 is 5.18. The van der Waals surface area contributed by atoms with Gasteiger partial charge in [0.2, 0.25) is 0 Å². The molecule has 0 heterocycles. The van der Waals surface area contributed by atoms with Crippen molar-refractivity contribution in [1.29, 1.82) is 0 Å². The molecule has 10 heteroatoms. The van der Waals surface area contributed by atoms with Gasteiger partial charge in [0, 0.05) is 11.8 Å². The molecule has 0 amide bonds. The zero-order valence-corrected chi connectivity index (χ0v) is 9.07. The molecule has 0 aliphatic rings. The van der Waals surface area contributed by atoms with Crippen LogP contribution in [0, 0.1) is 0 Å². The first-order valence-corrected chi connectivity index (χ1v) is 4.57. The molecule has 1 aromatic carbocycles. The van der Waals surface area contributed by atoms with Crippen LogP contribution in [0.15, 0.2) is 24.3 Å². The van der Waals surface area contributed by atoms with Gasteiger partial charge in [-0.2, -0.15) is 13.2 Å². The fraction of sp³-hybridized carbons (Fsp3) is 0.250. The third-order valence-electron chi connectivity index (χ3n) is 1.53. The molecule has 1 N–H and O–H groups in total. The van der Waals surface area contributed by atoms with Gasteiger partial charge in [-0.05, 0) is 12.1 Å². The topological polar surface area (TPSA) is 24.5 Å². The summed E-state index contributed by atoms with van der Waals surface area (Å²) in [6, 6.07) is 4.11. The summed E-state index contributed by atoms with van der Waals surface area (Å²) in [6.07, 6.45) is -9.93. The number of hydrazine groups is 1. The first kappa shape index (κ1) is 14.7. The number of hydrogen-bond acceptors (Lipinski definition) is 3. The van der Waals surface area contributed by atoms with Gasteiger partial charge in [-0.15, -0.1) is 18.6 Å². The average molecular weight is 295 g/mol.